The standard InChI is InChI=1S/C22H35N3O5S/c1-3-4-10-24-11-6-5-7-18(24)17-23-22(26)20-16-19(8-9-21(20)29-2)31(27,28)25-12-14-30-15-13-25/h8-9,16,18H,3-7,10-15,17H2,1-2H3,(H,23,26). The number of nitrogens with zero attached hydrogens (tertiary/aromatic N) is 2. The van der Waals surface area contributed by atoms with Crippen LogP contribution in [0.15, 0.2) is 23.1 Å². The molecule has 2 aliphatic heterocycles. The van der Waals surface area contributed by atoms with E-state index in [1.165, 1.54) is 36.4 Å². The lowest BCUT2D eigenvalue weighted by Gasteiger charge is -2.35. The summed E-state index contributed by atoms with van der Waals surface area (Å²) in [5.74, 6) is 0.0572. The van der Waals surface area contributed by atoms with Crippen LogP contribution in [0.25, 0.3) is 0 Å². The number of amides is 1. The van der Waals surface area contributed by atoms with E-state index < -0.39 is 10.0 Å². The molecule has 0 aromatic heterocycles. The van der Waals surface area contributed by atoms with Crippen LogP contribution in [0.3, 0.4) is 0 Å². The van der Waals surface area contributed by atoms with Crippen molar-refractivity contribution < 1.29 is 22.7 Å². The molecule has 174 valence electrons. The van der Waals surface area contributed by atoms with Crippen LogP contribution in [0.1, 0.15) is 49.4 Å². The zero-order valence-electron chi connectivity index (χ0n) is 18.6. The summed E-state index contributed by atoms with van der Waals surface area (Å²) in [6, 6.07) is 4.79. The summed E-state index contributed by atoms with van der Waals surface area (Å²) in [7, 11) is -2.21. The van der Waals surface area contributed by atoms with Crippen LogP contribution in [-0.2, 0) is 14.8 Å². The van der Waals surface area contributed by atoms with E-state index in [2.05, 4.69) is 17.1 Å². The number of unbranched alkanes of at least 4 members (excludes halogenated alkanes) is 1. The van der Waals surface area contributed by atoms with Crippen molar-refractivity contribution in [2.24, 2.45) is 0 Å². The average molecular weight is 454 g/mol. The summed E-state index contributed by atoms with van der Waals surface area (Å²) in [6.07, 6.45) is 5.73. The van der Waals surface area contributed by atoms with Crippen molar-refractivity contribution in [2.45, 2.75) is 50.0 Å². The van der Waals surface area contributed by atoms with Crippen molar-refractivity contribution >= 4 is 15.9 Å². The number of hydrogen-bond donors (Lipinski definition) is 1. The molecule has 0 aliphatic carbocycles. The highest BCUT2D eigenvalue weighted by atomic mass is 32.2. The summed E-state index contributed by atoms with van der Waals surface area (Å²) >= 11 is 0. The minimum absolute atomic E-state index is 0.0996. The van der Waals surface area contributed by atoms with Gasteiger partial charge in [0, 0.05) is 25.7 Å². The fourth-order valence-electron chi connectivity index (χ4n) is 4.21. The Labute approximate surface area is 185 Å². The number of ether oxygens (including phenoxy) is 2. The number of morpholine rings is 1. The summed E-state index contributed by atoms with van der Waals surface area (Å²) in [5, 5.41) is 3.02. The maximum Gasteiger partial charge on any atom is 0.255 e. The van der Waals surface area contributed by atoms with E-state index in [1.807, 2.05) is 0 Å². The van der Waals surface area contributed by atoms with E-state index in [0.717, 1.165) is 32.4 Å². The van der Waals surface area contributed by atoms with Crippen molar-refractivity contribution in [1.29, 1.82) is 0 Å². The Hall–Kier alpha value is -1.68. The number of sulfonamides is 1. The van der Waals surface area contributed by atoms with Gasteiger partial charge in [-0.1, -0.05) is 19.8 Å². The second-order valence-corrected chi connectivity index (χ2v) is 10.1. The third-order valence-electron chi connectivity index (χ3n) is 6.07. The van der Waals surface area contributed by atoms with Gasteiger partial charge >= 0.3 is 0 Å². The van der Waals surface area contributed by atoms with Gasteiger partial charge in [-0.05, 0) is 50.6 Å². The van der Waals surface area contributed by atoms with Gasteiger partial charge in [0.1, 0.15) is 5.75 Å². The van der Waals surface area contributed by atoms with E-state index >= 15 is 0 Å². The first-order valence-electron chi connectivity index (χ1n) is 11.3. The van der Waals surface area contributed by atoms with Gasteiger partial charge < -0.3 is 14.8 Å². The minimum atomic E-state index is -3.69. The molecule has 1 aromatic carbocycles. The lowest BCUT2D eigenvalue weighted by atomic mass is 10.0. The SMILES string of the molecule is CCCCN1CCCCC1CNC(=O)c1cc(S(=O)(=O)N2CCOCC2)ccc1OC. The van der Waals surface area contributed by atoms with Crippen LogP contribution in [-0.4, -0.2) is 82.6 Å². The highest BCUT2D eigenvalue weighted by molar-refractivity contribution is 7.89. The molecule has 0 saturated carbocycles. The molecule has 0 spiro atoms. The number of methoxy groups -OCH3 is 1. The fraction of sp³-hybridized carbons (Fsp3) is 0.682. The monoisotopic (exact) mass is 453 g/mol. The first kappa shape index (κ1) is 24.0. The number of rotatable bonds is 9. The molecule has 2 heterocycles. The molecule has 2 fully saturated rings. The molecule has 9 heteroatoms. The van der Waals surface area contributed by atoms with Gasteiger partial charge in [0.05, 0.1) is 30.8 Å². The highest BCUT2D eigenvalue weighted by Crippen LogP contribution is 2.25. The van der Waals surface area contributed by atoms with Gasteiger partial charge in [0.15, 0.2) is 0 Å². The molecule has 0 radical (unpaired) electrons. The number of nitrogens with one attached hydrogen (secondary N) is 1. The van der Waals surface area contributed by atoms with Gasteiger partial charge in [0.25, 0.3) is 5.91 Å². The van der Waals surface area contributed by atoms with Crippen LogP contribution in [0.5, 0.6) is 5.75 Å². The molecule has 31 heavy (non-hydrogen) atoms. The van der Waals surface area contributed by atoms with Crippen molar-refractivity contribution in [3.63, 3.8) is 0 Å². The number of benzene rings is 1. The third kappa shape index (κ3) is 5.97. The number of carbonyl (C=O) groups is 1. The van der Waals surface area contributed by atoms with Gasteiger partial charge in [-0.25, -0.2) is 8.42 Å². The Morgan fingerprint density at radius 2 is 2.00 bits per heavy atom. The molecule has 2 saturated heterocycles. The Kier molecular flexibility index (Phi) is 8.71. The van der Waals surface area contributed by atoms with Crippen LogP contribution >= 0.6 is 0 Å². The third-order valence-corrected chi connectivity index (χ3v) is 7.96. The van der Waals surface area contributed by atoms with Crippen molar-refractivity contribution in [2.75, 3.05) is 53.0 Å². The zero-order valence-corrected chi connectivity index (χ0v) is 19.5. The maximum atomic E-state index is 13.0. The Bertz CT molecular complexity index is 840. The topological polar surface area (TPSA) is 88.2 Å². The van der Waals surface area contributed by atoms with Gasteiger partial charge in [-0.2, -0.15) is 4.31 Å². The van der Waals surface area contributed by atoms with Crippen LogP contribution in [0, 0.1) is 0 Å². The molecule has 2 aliphatic rings. The number of likely N-dealkylation sites (tertiary alicyclic amines) is 1. The second-order valence-electron chi connectivity index (χ2n) is 8.13. The molecule has 1 atom stereocenters. The molecule has 1 aromatic rings. The van der Waals surface area contributed by atoms with E-state index in [0.29, 0.717) is 44.6 Å². The molecular formula is C22H35N3O5S. The largest absolute Gasteiger partial charge is 0.496 e. The first-order chi connectivity index (χ1) is 15.0. The molecule has 3 rings (SSSR count). The number of carbonyl (C=O) groups excluding carboxylic acids is 1. The van der Waals surface area contributed by atoms with E-state index in [4.69, 9.17) is 9.47 Å². The summed E-state index contributed by atoms with van der Waals surface area (Å²) < 4.78 is 38.0. The van der Waals surface area contributed by atoms with Crippen molar-refractivity contribution in [1.82, 2.24) is 14.5 Å². The van der Waals surface area contributed by atoms with E-state index in [1.54, 1.807) is 6.07 Å². The van der Waals surface area contributed by atoms with Gasteiger partial charge in [0.2, 0.25) is 10.0 Å². The van der Waals surface area contributed by atoms with Crippen LogP contribution in [0.4, 0.5) is 0 Å². The fourth-order valence-corrected chi connectivity index (χ4v) is 5.65. The quantitative estimate of drug-likeness (QED) is 0.616. The lowest BCUT2D eigenvalue weighted by Crippen LogP contribution is -2.47. The molecule has 8 nitrogen and oxygen atoms in total. The highest BCUT2D eigenvalue weighted by Gasteiger charge is 2.28. The van der Waals surface area contributed by atoms with Crippen LogP contribution in [0.2, 0.25) is 0 Å². The molecule has 1 unspecified atom stereocenters. The Balaban J connectivity index is 1.73. The number of piperidine rings is 1. The molecular weight excluding hydrogens is 418 g/mol. The Morgan fingerprint density at radius 1 is 1.23 bits per heavy atom. The molecule has 1 N–H and O–H groups in total. The van der Waals surface area contributed by atoms with Crippen molar-refractivity contribution in [3.8, 4) is 5.75 Å². The predicted molar refractivity (Wildman–Crippen MR) is 119 cm³/mol. The zero-order chi connectivity index (χ0) is 22.3. The first-order valence-corrected chi connectivity index (χ1v) is 12.7. The number of hydrogen-bond acceptors (Lipinski definition) is 6. The van der Waals surface area contributed by atoms with Gasteiger partial charge in [-0.3, -0.25) is 9.69 Å². The second kappa shape index (κ2) is 11.3. The normalized spacial score (nSPS) is 21.0. The maximum absolute atomic E-state index is 13.0. The summed E-state index contributed by atoms with van der Waals surface area (Å²) in [5.41, 5.74) is 0.243. The predicted octanol–water partition coefficient (Wildman–Crippen LogP) is 2.10. The smallest absolute Gasteiger partial charge is 0.255 e. The average Bonchev–Trinajstić information content (AvgIpc) is 2.81. The summed E-state index contributed by atoms with van der Waals surface area (Å²) in [6.45, 7) is 6.22. The Morgan fingerprint density at radius 3 is 2.71 bits per heavy atom. The van der Waals surface area contributed by atoms with Crippen LogP contribution < -0.4 is 10.1 Å². The molecule has 0 bridgehead atoms. The summed E-state index contributed by atoms with van der Waals surface area (Å²) in [4.78, 5) is 15.6. The van der Waals surface area contributed by atoms with Gasteiger partial charge in [-0.15, -0.1) is 0 Å². The van der Waals surface area contributed by atoms with E-state index in [-0.39, 0.29) is 16.4 Å². The van der Waals surface area contributed by atoms with Crippen molar-refractivity contribution in [3.05, 3.63) is 23.8 Å². The van der Waals surface area contributed by atoms with E-state index in [9.17, 15) is 13.2 Å². The lowest BCUT2D eigenvalue weighted by molar-refractivity contribution is 0.0730. The molecule has 1 amide bonds. The minimum Gasteiger partial charge on any atom is -0.496 e.